The van der Waals surface area contributed by atoms with Crippen molar-refractivity contribution in [3.05, 3.63) is 33.8 Å². The van der Waals surface area contributed by atoms with Gasteiger partial charge < -0.3 is 4.90 Å². The maximum absolute atomic E-state index is 12.5. The molecule has 0 aromatic heterocycles. The second-order valence-corrected chi connectivity index (χ2v) is 6.41. The number of hydrogen-bond acceptors (Lipinski definition) is 2. The van der Waals surface area contributed by atoms with Crippen LogP contribution < -0.4 is 0 Å². The molecule has 0 bridgehead atoms. The molecule has 0 radical (unpaired) electrons. The van der Waals surface area contributed by atoms with Crippen molar-refractivity contribution < 1.29 is 4.79 Å². The van der Waals surface area contributed by atoms with Crippen molar-refractivity contribution in [3.63, 3.8) is 0 Å². The minimum Gasteiger partial charge on any atom is -0.342 e. The summed E-state index contributed by atoms with van der Waals surface area (Å²) in [6.45, 7) is 3.65. The largest absolute Gasteiger partial charge is 0.342 e. The molecule has 1 aliphatic heterocycles. The van der Waals surface area contributed by atoms with Gasteiger partial charge in [0.2, 0.25) is 5.91 Å². The Morgan fingerprint density at radius 2 is 1.95 bits per heavy atom. The van der Waals surface area contributed by atoms with Crippen molar-refractivity contribution in [2.45, 2.75) is 26.2 Å². The van der Waals surface area contributed by atoms with Gasteiger partial charge in [-0.05, 0) is 36.5 Å². The minimum atomic E-state index is -0.726. The van der Waals surface area contributed by atoms with E-state index >= 15 is 0 Å². The highest BCUT2D eigenvalue weighted by molar-refractivity contribution is 6.36. The number of halogens is 2. The number of benzene rings is 1. The maximum Gasteiger partial charge on any atom is 0.240 e. The van der Waals surface area contributed by atoms with Gasteiger partial charge in [-0.1, -0.05) is 36.2 Å². The van der Waals surface area contributed by atoms with Crippen LogP contribution in [0.3, 0.4) is 0 Å². The van der Waals surface area contributed by atoms with Crippen LogP contribution in [0, 0.1) is 23.2 Å². The number of rotatable bonds is 3. The van der Waals surface area contributed by atoms with E-state index in [0.29, 0.717) is 21.5 Å². The van der Waals surface area contributed by atoms with Crippen molar-refractivity contribution in [2.75, 3.05) is 13.1 Å². The molecule has 0 N–H and O–H groups in total. The van der Waals surface area contributed by atoms with Gasteiger partial charge in [0.1, 0.15) is 5.92 Å². The van der Waals surface area contributed by atoms with E-state index in [1.165, 1.54) is 0 Å². The highest BCUT2D eigenvalue weighted by Crippen LogP contribution is 2.28. The molecule has 1 saturated heterocycles. The van der Waals surface area contributed by atoms with Crippen LogP contribution >= 0.6 is 23.2 Å². The van der Waals surface area contributed by atoms with Crippen LogP contribution in [-0.4, -0.2) is 23.9 Å². The Kier molecular flexibility index (Phi) is 5.50. The number of likely N-dealkylation sites (tertiary alicyclic amines) is 1. The summed E-state index contributed by atoms with van der Waals surface area (Å²) in [6.07, 6.45) is 2.26. The Hall–Kier alpha value is -1.24. The number of carbonyl (C=O) groups excluding carboxylic acids is 1. The van der Waals surface area contributed by atoms with Crippen molar-refractivity contribution in [2.24, 2.45) is 11.8 Å². The van der Waals surface area contributed by atoms with Crippen LogP contribution in [0.1, 0.15) is 25.3 Å². The summed E-state index contributed by atoms with van der Waals surface area (Å²) in [5.74, 6) is -0.191. The van der Waals surface area contributed by atoms with Crippen molar-refractivity contribution >= 4 is 29.1 Å². The number of carbonyl (C=O) groups is 1. The number of nitrogens with zero attached hydrogens (tertiary/aromatic N) is 2. The van der Waals surface area contributed by atoms with Crippen molar-refractivity contribution in [3.8, 4) is 6.07 Å². The van der Waals surface area contributed by atoms with Crippen LogP contribution in [0.25, 0.3) is 0 Å². The third-order valence-electron chi connectivity index (χ3n) is 4.02. The fourth-order valence-corrected chi connectivity index (χ4v) is 3.12. The van der Waals surface area contributed by atoms with Gasteiger partial charge in [-0.2, -0.15) is 5.26 Å². The molecular formula is C16H18Cl2N2O. The molecule has 3 nitrogen and oxygen atoms in total. The van der Waals surface area contributed by atoms with Crippen LogP contribution in [0.4, 0.5) is 0 Å². The molecule has 1 atom stereocenters. The van der Waals surface area contributed by atoms with E-state index in [9.17, 15) is 10.1 Å². The molecule has 0 saturated carbocycles. The SMILES string of the molecule is CC1CCN(C(=O)C(C#N)Cc2c(Cl)cccc2Cl)CC1. The Bertz CT molecular complexity index is 540. The molecule has 1 aliphatic rings. The quantitative estimate of drug-likeness (QED) is 0.845. The summed E-state index contributed by atoms with van der Waals surface area (Å²) in [7, 11) is 0. The third-order valence-corrected chi connectivity index (χ3v) is 4.73. The van der Waals surface area contributed by atoms with E-state index in [1.807, 2.05) is 0 Å². The molecule has 5 heteroatoms. The monoisotopic (exact) mass is 324 g/mol. The van der Waals surface area contributed by atoms with Crippen molar-refractivity contribution in [1.29, 1.82) is 5.26 Å². The smallest absolute Gasteiger partial charge is 0.240 e. The van der Waals surface area contributed by atoms with E-state index < -0.39 is 5.92 Å². The Balaban J connectivity index is 2.10. The molecule has 112 valence electrons. The summed E-state index contributed by atoms with van der Waals surface area (Å²) in [5, 5.41) is 10.3. The van der Waals surface area contributed by atoms with E-state index in [4.69, 9.17) is 23.2 Å². The maximum atomic E-state index is 12.5. The molecule has 1 amide bonds. The predicted octanol–water partition coefficient (Wildman–Crippen LogP) is 3.93. The lowest BCUT2D eigenvalue weighted by Crippen LogP contribution is -2.41. The standard InChI is InChI=1S/C16H18Cl2N2O/c1-11-5-7-20(8-6-11)16(21)12(10-19)9-13-14(17)3-2-4-15(13)18/h2-4,11-12H,5-9H2,1H3. The third kappa shape index (κ3) is 3.90. The summed E-state index contributed by atoms with van der Waals surface area (Å²) in [4.78, 5) is 14.3. The molecule has 1 fully saturated rings. The second-order valence-electron chi connectivity index (χ2n) is 5.59. The highest BCUT2D eigenvalue weighted by Gasteiger charge is 2.28. The summed E-state index contributed by atoms with van der Waals surface area (Å²) >= 11 is 12.2. The van der Waals surface area contributed by atoms with E-state index in [2.05, 4.69) is 13.0 Å². The first-order valence-corrected chi connectivity index (χ1v) is 7.89. The van der Waals surface area contributed by atoms with Crippen LogP contribution in [0.2, 0.25) is 10.0 Å². The average molecular weight is 325 g/mol. The lowest BCUT2D eigenvalue weighted by molar-refractivity contribution is -0.135. The van der Waals surface area contributed by atoms with Gasteiger partial charge in [-0.3, -0.25) is 4.79 Å². The summed E-state index contributed by atoms with van der Waals surface area (Å²) < 4.78 is 0. The molecule has 1 heterocycles. The number of hydrogen-bond donors (Lipinski definition) is 0. The molecule has 1 aromatic rings. The summed E-state index contributed by atoms with van der Waals surface area (Å²) in [5.41, 5.74) is 0.672. The molecular weight excluding hydrogens is 307 g/mol. The van der Waals surface area contributed by atoms with E-state index in [1.54, 1.807) is 23.1 Å². The Labute approximate surface area is 135 Å². The van der Waals surface area contributed by atoms with Crippen molar-refractivity contribution in [1.82, 2.24) is 4.90 Å². The van der Waals surface area contributed by atoms with Crippen LogP contribution in [0.15, 0.2) is 18.2 Å². The van der Waals surface area contributed by atoms with Gasteiger partial charge in [0, 0.05) is 29.6 Å². The lowest BCUT2D eigenvalue weighted by atomic mass is 9.95. The van der Waals surface area contributed by atoms with Gasteiger partial charge in [-0.25, -0.2) is 0 Å². The first-order valence-electron chi connectivity index (χ1n) is 7.14. The van der Waals surface area contributed by atoms with Gasteiger partial charge in [0.15, 0.2) is 0 Å². The summed E-state index contributed by atoms with van der Waals surface area (Å²) in [6, 6.07) is 7.31. The van der Waals surface area contributed by atoms with Crippen LogP contribution in [0.5, 0.6) is 0 Å². The average Bonchev–Trinajstić information content (AvgIpc) is 2.47. The normalized spacial score (nSPS) is 17.3. The van der Waals surface area contributed by atoms with Gasteiger partial charge in [0.05, 0.1) is 6.07 Å². The van der Waals surface area contributed by atoms with E-state index in [-0.39, 0.29) is 12.3 Å². The number of nitriles is 1. The highest BCUT2D eigenvalue weighted by atomic mass is 35.5. The molecule has 2 rings (SSSR count). The zero-order chi connectivity index (χ0) is 15.4. The number of piperidine rings is 1. The van der Waals surface area contributed by atoms with Gasteiger partial charge in [-0.15, -0.1) is 0 Å². The molecule has 1 aromatic carbocycles. The zero-order valence-electron chi connectivity index (χ0n) is 12.0. The predicted molar refractivity (Wildman–Crippen MR) is 84.2 cm³/mol. The van der Waals surface area contributed by atoms with Gasteiger partial charge in [0.25, 0.3) is 0 Å². The van der Waals surface area contributed by atoms with E-state index in [0.717, 1.165) is 25.9 Å². The zero-order valence-corrected chi connectivity index (χ0v) is 13.5. The minimum absolute atomic E-state index is 0.111. The second kappa shape index (κ2) is 7.15. The fraction of sp³-hybridized carbons (Fsp3) is 0.500. The fourth-order valence-electron chi connectivity index (χ4n) is 2.57. The molecule has 0 spiro atoms. The molecule has 21 heavy (non-hydrogen) atoms. The molecule has 0 aliphatic carbocycles. The number of amides is 1. The van der Waals surface area contributed by atoms with Crippen LogP contribution in [-0.2, 0) is 11.2 Å². The lowest BCUT2D eigenvalue weighted by Gasteiger charge is -2.31. The first kappa shape index (κ1) is 16.1. The Morgan fingerprint density at radius 1 is 1.38 bits per heavy atom. The molecule has 1 unspecified atom stereocenters. The topological polar surface area (TPSA) is 44.1 Å². The first-order chi connectivity index (χ1) is 10.0. The Morgan fingerprint density at radius 3 is 2.48 bits per heavy atom. The van der Waals surface area contributed by atoms with Gasteiger partial charge >= 0.3 is 0 Å².